The van der Waals surface area contributed by atoms with E-state index in [1.165, 1.54) is 0 Å². The van der Waals surface area contributed by atoms with Crippen molar-refractivity contribution in [2.24, 2.45) is 0 Å². The molecule has 0 radical (unpaired) electrons. The number of ether oxygens (including phenoxy) is 2. The smallest absolute Gasteiger partial charge is 0.231 e. The van der Waals surface area contributed by atoms with Crippen molar-refractivity contribution in [2.45, 2.75) is 6.61 Å². The molecular formula is C22H13BrCl2O3. The lowest BCUT2D eigenvalue weighted by Gasteiger charge is -2.07. The number of hydrogen-bond acceptors (Lipinski definition) is 3. The van der Waals surface area contributed by atoms with Crippen LogP contribution in [0, 0.1) is 0 Å². The maximum absolute atomic E-state index is 12.6. The highest BCUT2D eigenvalue weighted by Gasteiger charge is 2.28. The zero-order valence-corrected chi connectivity index (χ0v) is 17.5. The lowest BCUT2D eigenvalue weighted by molar-refractivity contribution is 0.101. The van der Waals surface area contributed by atoms with Crippen LogP contribution in [0.1, 0.15) is 21.5 Å². The molecule has 3 nitrogen and oxygen atoms in total. The van der Waals surface area contributed by atoms with Crippen molar-refractivity contribution in [1.29, 1.82) is 0 Å². The fraction of sp³-hybridized carbons (Fsp3) is 0.0455. The number of allylic oxidation sites excluding steroid dienone is 1. The second kappa shape index (κ2) is 8.00. The molecule has 3 aromatic carbocycles. The quantitative estimate of drug-likeness (QED) is 0.383. The van der Waals surface area contributed by atoms with E-state index in [1.807, 2.05) is 24.3 Å². The summed E-state index contributed by atoms with van der Waals surface area (Å²) in [5.74, 6) is 1.08. The number of Topliss-reactive ketones (excluding diaryl/α,β-unsaturated/α-hetero) is 1. The Bertz CT molecular complexity index is 1090. The van der Waals surface area contributed by atoms with E-state index in [2.05, 4.69) is 15.9 Å². The van der Waals surface area contributed by atoms with Crippen molar-refractivity contribution in [3.8, 4) is 11.5 Å². The molecule has 0 saturated heterocycles. The third kappa shape index (κ3) is 3.95. The molecule has 4 rings (SSSR count). The van der Waals surface area contributed by atoms with Crippen LogP contribution in [0.25, 0.3) is 6.08 Å². The molecule has 140 valence electrons. The summed E-state index contributed by atoms with van der Waals surface area (Å²) in [6.45, 7) is 0.417. The van der Waals surface area contributed by atoms with Crippen molar-refractivity contribution >= 4 is 51.0 Å². The van der Waals surface area contributed by atoms with Gasteiger partial charge in [-0.1, -0.05) is 63.4 Å². The van der Waals surface area contributed by atoms with E-state index >= 15 is 0 Å². The van der Waals surface area contributed by atoms with E-state index in [1.54, 1.807) is 42.5 Å². The molecule has 0 aromatic heterocycles. The van der Waals surface area contributed by atoms with Gasteiger partial charge in [-0.15, -0.1) is 0 Å². The molecule has 0 unspecified atom stereocenters. The second-order valence-electron chi connectivity index (χ2n) is 6.16. The molecule has 6 heteroatoms. The number of ketones is 1. The standard InChI is InChI=1S/C22H13BrCl2O3/c23-15-6-4-13(5-7-15)12-27-16-8-9-17-19(11-16)28-20(22(17)26)10-14-2-1-3-18(24)21(14)25/h1-11H,12H2/b20-10-. The Labute approximate surface area is 180 Å². The highest BCUT2D eigenvalue weighted by atomic mass is 79.9. The van der Waals surface area contributed by atoms with E-state index in [-0.39, 0.29) is 11.5 Å². The van der Waals surface area contributed by atoms with Crippen LogP contribution < -0.4 is 9.47 Å². The van der Waals surface area contributed by atoms with Gasteiger partial charge < -0.3 is 9.47 Å². The van der Waals surface area contributed by atoms with E-state index in [9.17, 15) is 4.79 Å². The van der Waals surface area contributed by atoms with E-state index in [4.69, 9.17) is 32.7 Å². The Morgan fingerprint density at radius 1 is 1.04 bits per heavy atom. The molecule has 1 heterocycles. The van der Waals surface area contributed by atoms with Crippen LogP contribution >= 0.6 is 39.1 Å². The lowest BCUT2D eigenvalue weighted by Crippen LogP contribution is -1.98. The number of carbonyl (C=O) groups is 1. The van der Waals surface area contributed by atoms with Gasteiger partial charge in [0.2, 0.25) is 5.78 Å². The Morgan fingerprint density at radius 3 is 2.61 bits per heavy atom. The summed E-state index contributed by atoms with van der Waals surface area (Å²) in [5.41, 5.74) is 2.15. The van der Waals surface area contributed by atoms with Gasteiger partial charge >= 0.3 is 0 Å². The molecule has 1 aliphatic heterocycles. The molecule has 3 aromatic rings. The normalized spacial score (nSPS) is 14.1. The first-order valence-electron chi connectivity index (χ1n) is 8.41. The SMILES string of the molecule is O=C1/C(=C/c2cccc(Cl)c2Cl)Oc2cc(OCc3ccc(Br)cc3)ccc21. The van der Waals surface area contributed by atoms with Crippen molar-refractivity contribution in [3.63, 3.8) is 0 Å². The average Bonchev–Trinajstić information content (AvgIpc) is 3.00. The van der Waals surface area contributed by atoms with Gasteiger partial charge in [-0.05, 0) is 47.5 Å². The maximum atomic E-state index is 12.6. The predicted octanol–water partition coefficient (Wildman–Crippen LogP) is 6.95. The van der Waals surface area contributed by atoms with Crippen LogP contribution in [-0.4, -0.2) is 5.78 Å². The number of halogens is 3. The summed E-state index contributed by atoms with van der Waals surface area (Å²) in [5, 5.41) is 0.796. The minimum atomic E-state index is -0.203. The van der Waals surface area contributed by atoms with Gasteiger partial charge in [-0.25, -0.2) is 0 Å². The average molecular weight is 476 g/mol. The van der Waals surface area contributed by atoms with Gasteiger partial charge in [0, 0.05) is 10.5 Å². The van der Waals surface area contributed by atoms with E-state index in [0.717, 1.165) is 10.0 Å². The van der Waals surface area contributed by atoms with E-state index in [0.29, 0.717) is 39.3 Å². The molecule has 0 N–H and O–H groups in total. The van der Waals surface area contributed by atoms with Gasteiger partial charge in [0.1, 0.15) is 18.1 Å². The summed E-state index contributed by atoms with van der Waals surface area (Å²) in [6, 6.07) is 18.3. The number of carbonyl (C=O) groups excluding carboxylic acids is 1. The zero-order chi connectivity index (χ0) is 19.7. The van der Waals surface area contributed by atoms with Crippen LogP contribution in [0.3, 0.4) is 0 Å². The maximum Gasteiger partial charge on any atom is 0.231 e. The Hall–Kier alpha value is -2.27. The van der Waals surface area contributed by atoms with Gasteiger partial charge in [-0.2, -0.15) is 0 Å². The highest BCUT2D eigenvalue weighted by molar-refractivity contribution is 9.10. The second-order valence-corrected chi connectivity index (χ2v) is 7.86. The minimum Gasteiger partial charge on any atom is -0.489 e. The van der Waals surface area contributed by atoms with E-state index < -0.39 is 0 Å². The monoisotopic (exact) mass is 474 g/mol. The molecule has 0 aliphatic carbocycles. The van der Waals surface area contributed by atoms with Crippen molar-refractivity contribution in [1.82, 2.24) is 0 Å². The fourth-order valence-electron chi connectivity index (χ4n) is 2.78. The van der Waals surface area contributed by atoms with Crippen molar-refractivity contribution in [3.05, 3.63) is 97.6 Å². The predicted molar refractivity (Wildman–Crippen MR) is 114 cm³/mol. The largest absolute Gasteiger partial charge is 0.489 e. The third-order valence-electron chi connectivity index (χ3n) is 4.23. The Morgan fingerprint density at radius 2 is 1.82 bits per heavy atom. The van der Waals surface area contributed by atoms with Crippen LogP contribution in [0.2, 0.25) is 10.0 Å². The number of rotatable bonds is 4. The molecule has 0 bridgehead atoms. The summed E-state index contributed by atoms with van der Waals surface area (Å²) in [7, 11) is 0. The minimum absolute atomic E-state index is 0.198. The molecule has 0 atom stereocenters. The molecule has 0 amide bonds. The van der Waals surface area contributed by atoms with Crippen LogP contribution in [-0.2, 0) is 6.61 Å². The summed E-state index contributed by atoms with van der Waals surface area (Å²) in [6.07, 6.45) is 1.60. The molecule has 0 spiro atoms. The first-order chi connectivity index (χ1) is 13.5. The van der Waals surface area contributed by atoms with Gasteiger partial charge in [0.25, 0.3) is 0 Å². The Balaban J connectivity index is 1.53. The highest BCUT2D eigenvalue weighted by Crippen LogP contribution is 2.36. The first-order valence-corrected chi connectivity index (χ1v) is 9.96. The molecule has 0 saturated carbocycles. The lowest BCUT2D eigenvalue weighted by atomic mass is 10.1. The zero-order valence-electron chi connectivity index (χ0n) is 14.4. The van der Waals surface area contributed by atoms with Crippen LogP contribution in [0.4, 0.5) is 0 Å². The number of hydrogen-bond donors (Lipinski definition) is 0. The molecule has 28 heavy (non-hydrogen) atoms. The Kier molecular flexibility index (Phi) is 5.44. The molecular weight excluding hydrogens is 463 g/mol. The number of fused-ring (bicyclic) bond motifs is 1. The molecule has 1 aliphatic rings. The topological polar surface area (TPSA) is 35.5 Å². The number of benzene rings is 3. The van der Waals surface area contributed by atoms with Gasteiger partial charge in [0.05, 0.1) is 15.6 Å². The van der Waals surface area contributed by atoms with Gasteiger partial charge in [-0.3, -0.25) is 4.79 Å². The third-order valence-corrected chi connectivity index (χ3v) is 5.59. The summed E-state index contributed by atoms with van der Waals surface area (Å²) >= 11 is 15.6. The molecule has 0 fully saturated rings. The fourth-order valence-corrected chi connectivity index (χ4v) is 3.40. The summed E-state index contributed by atoms with van der Waals surface area (Å²) < 4.78 is 12.6. The van der Waals surface area contributed by atoms with Crippen molar-refractivity contribution < 1.29 is 14.3 Å². The van der Waals surface area contributed by atoms with Gasteiger partial charge in [0.15, 0.2) is 5.76 Å². The first kappa shape index (κ1) is 19.1. The van der Waals surface area contributed by atoms with Crippen LogP contribution in [0.5, 0.6) is 11.5 Å². The van der Waals surface area contributed by atoms with Crippen molar-refractivity contribution in [2.75, 3.05) is 0 Å². The summed E-state index contributed by atoms with van der Waals surface area (Å²) in [4.78, 5) is 12.6. The van der Waals surface area contributed by atoms with Crippen LogP contribution in [0.15, 0.2) is 70.9 Å².